The fourth-order valence-electron chi connectivity index (χ4n) is 2.07. The molecule has 1 aromatic carbocycles. The van der Waals surface area contributed by atoms with Crippen LogP contribution in [-0.2, 0) is 9.59 Å². The highest BCUT2D eigenvalue weighted by Gasteiger charge is 2.41. The molecule has 0 spiro atoms. The third-order valence-electron chi connectivity index (χ3n) is 3.30. The molecule has 4 amide bonds. The normalized spacial score (nSPS) is 20.4. The van der Waals surface area contributed by atoms with Gasteiger partial charge in [-0.1, -0.05) is 30.7 Å². The lowest BCUT2D eigenvalue weighted by Crippen LogP contribution is -2.57. The van der Waals surface area contributed by atoms with E-state index in [2.05, 4.69) is 5.32 Å². The van der Waals surface area contributed by atoms with Crippen molar-refractivity contribution in [3.8, 4) is 0 Å². The van der Waals surface area contributed by atoms with Crippen LogP contribution in [0.2, 0.25) is 5.02 Å². The highest BCUT2D eigenvalue weighted by molar-refractivity contribution is 7.99. The minimum atomic E-state index is -1.01. The minimum absolute atomic E-state index is 0.0961. The molecule has 7 heteroatoms. The minimum Gasteiger partial charge on any atom is -0.277 e. The summed E-state index contributed by atoms with van der Waals surface area (Å²) in [7, 11) is 0. The Morgan fingerprint density at radius 3 is 2.48 bits per heavy atom. The summed E-state index contributed by atoms with van der Waals surface area (Å²) in [4.78, 5) is 37.4. The van der Waals surface area contributed by atoms with Crippen LogP contribution in [0.1, 0.15) is 18.4 Å². The second-order valence-corrected chi connectivity index (χ2v) is 6.49. The van der Waals surface area contributed by atoms with Crippen molar-refractivity contribution in [2.75, 3.05) is 12.8 Å². The summed E-state index contributed by atoms with van der Waals surface area (Å²) in [6.07, 6.45) is 1.90. The van der Waals surface area contributed by atoms with Gasteiger partial charge in [-0.3, -0.25) is 19.8 Å². The molecule has 5 nitrogen and oxygen atoms in total. The average molecular weight is 327 g/mol. The Morgan fingerprint density at radius 1 is 1.29 bits per heavy atom. The predicted molar refractivity (Wildman–Crippen MR) is 82.4 cm³/mol. The Morgan fingerprint density at radius 2 is 1.90 bits per heavy atom. The first-order valence-electron chi connectivity index (χ1n) is 6.38. The molecule has 2 rings (SSSR count). The highest BCUT2D eigenvalue weighted by atomic mass is 35.5. The molecule has 0 aromatic heterocycles. The number of nitrogens with one attached hydrogen (secondary N) is 1. The number of amides is 4. The Bertz CT molecular complexity index is 576. The molecule has 21 heavy (non-hydrogen) atoms. The Balaban J connectivity index is 2.28. The van der Waals surface area contributed by atoms with Gasteiger partial charge in [-0.2, -0.15) is 11.8 Å². The van der Waals surface area contributed by atoms with Gasteiger partial charge in [0.25, 0.3) is 0 Å². The molecule has 1 aliphatic heterocycles. The highest BCUT2D eigenvalue weighted by Crippen LogP contribution is 2.25. The van der Waals surface area contributed by atoms with Crippen molar-refractivity contribution in [3.63, 3.8) is 0 Å². The SMILES string of the molecule is CSC(C)CN1C(=O)NC(=O)C(c2ccc(Cl)cc2)C1=O. The van der Waals surface area contributed by atoms with Gasteiger partial charge < -0.3 is 0 Å². The van der Waals surface area contributed by atoms with E-state index < -0.39 is 23.8 Å². The molecule has 2 atom stereocenters. The number of rotatable bonds is 4. The first-order chi connectivity index (χ1) is 9.93. The average Bonchev–Trinajstić information content (AvgIpc) is 2.45. The monoisotopic (exact) mass is 326 g/mol. The van der Waals surface area contributed by atoms with E-state index in [9.17, 15) is 14.4 Å². The molecule has 1 saturated heterocycles. The standard InChI is InChI=1S/C14H15ClN2O3S/c1-8(21-2)7-17-13(19)11(12(18)16-14(17)20)9-3-5-10(15)6-4-9/h3-6,8,11H,7H2,1-2H3,(H,16,18,20). The van der Waals surface area contributed by atoms with Gasteiger partial charge in [0.15, 0.2) is 0 Å². The molecule has 1 fully saturated rings. The summed E-state index contributed by atoms with van der Waals surface area (Å²) in [5, 5.41) is 2.85. The summed E-state index contributed by atoms with van der Waals surface area (Å²) in [6.45, 7) is 2.18. The maximum Gasteiger partial charge on any atom is 0.330 e. The number of hydrogen-bond acceptors (Lipinski definition) is 4. The maximum atomic E-state index is 12.5. The van der Waals surface area contributed by atoms with E-state index in [1.807, 2.05) is 13.2 Å². The molecular formula is C14H15ClN2O3S. The quantitative estimate of drug-likeness (QED) is 0.862. The molecule has 1 aliphatic rings. The van der Waals surface area contributed by atoms with E-state index in [1.54, 1.807) is 36.0 Å². The number of carbonyl (C=O) groups is 3. The third-order valence-corrected chi connectivity index (χ3v) is 4.50. The Kier molecular flexibility index (Phi) is 4.90. The van der Waals surface area contributed by atoms with Crippen LogP contribution in [0.4, 0.5) is 4.79 Å². The first-order valence-corrected chi connectivity index (χ1v) is 8.05. The molecule has 1 N–H and O–H groups in total. The molecule has 0 radical (unpaired) electrons. The van der Waals surface area contributed by atoms with Crippen LogP contribution in [0.3, 0.4) is 0 Å². The van der Waals surface area contributed by atoms with Gasteiger partial charge in [-0.15, -0.1) is 0 Å². The van der Waals surface area contributed by atoms with Crippen LogP contribution in [-0.4, -0.2) is 40.8 Å². The van der Waals surface area contributed by atoms with Crippen molar-refractivity contribution >= 4 is 41.2 Å². The zero-order chi connectivity index (χ0) is 15.6. The molecule has 1 aromatic rings. The van der Waals surface area contributed by atoms with Gasteiger partial charge in [-0.05, 0) is 24.0 Å². The Labute approximate surface area is 132 Å². The second-order valence-electron chi connectivity index (χ2n) is 4.77. The van der Waals surface area contributed by atoms with Crippen LogP contribution in [0.5, 0.6) is 0 Å². The van der Waals surface area contributed by atoms with E-state index >= 15 is 0 Å². The number of thioether (sulfide) groups is 1. The van der Waals surface area contributed by atoms with Gasteiger partial charge in [0, 0.05) is 16.8 Å². The van der Waals surface area contributed by atoms with Crippen molar-refractivity contribution in [3.05, 3.63) is 34.9 Å². The molecule has 112 valence electrons. The van der Waals surface area contributed by atoms with Crippen LogP contribution in [0, 0.1) is 0 Å². The van der Waals surface area contributed by atoms with Crippen molar-refractivity contribution in [2.24, 2.45) is 0 Å². The number of nitrogens with zero attached hydrogens (tertiary/aromatic N) is 1. The molecule has 2 unspecified atom stereocenters. The Hall–Kier alpha value is -1.53. The number of urea groups is 1. The van der Waals surface area contributed by atoms with Crippen molar-refractivity contribution in [1.82, 2.24) is 10.2 Å². The zero-order valence-electron chi connectivity index (χ0n) is 11.6. The third kappa shape index (κ3) is 3.39. The summed E-state index contributed by atoms with van der Waals surface area (Å²) in [5.41, 5.74) is 0.524. The largest absolute Gasteiger partial charge is 0.330 e. The number of barbiturate groups is 1. The summed E-state index contributed by atoms with van der Waals surface area (Å²) >= 11 is 7.36. The van der Waals surface area contributed by atoms with Crippen molar-refractivity contribution < 1.29 is 14.4 Å². The lowest BCUT2D eigenvalue weighted by atomic mass is 9.95. The lowest BCUT2D eigenvalue weighted by molar-refractivity contribution is -0.138. The first kappa shape index (κ1) is 15.9. The topological polar surface area (TPSA) is 66.5 Å². The van der Waals surface area contributed by atoms with E-state index in [4.69, 9.17) is 11.6 Å². The molecular weight excluding hydrogens is 312 g/mol. The van der Waals surface area contributed by atoms with E-state index in [-0.39, 0.29) is 11.8 Å². The van der Waals surface area contributed by atoms with E-state index in [0.717, 1.165) is 4.90 Å². The molecule has 1 heterocycles. The number of halogens is 1. The van der Waals surface area contributed by atoms with Crippen LogP contribution in [0.15, 0.2) is 24.3 Å². The summed E-state index contributed by atoms with van der Waals surface area (Å²) in [6, 6.07) is 5.81. The number of carbonyl (C=O) groups excluding carboxylic acids is 3. The van der Waals surface area contributed by atoms with Crippen molar-refractivity contribution in [1.29, 1.82) is 0 Å². The molecule has 0 bridgehead atoms. The maximum absolute atomic E-state index is 12.5. The van der Waals surface area contributed by atoms with Crippen LogP contribution >= 0.6 is 23.4 Å². The summed E-state index contributed by atoms with van der Waals surface area (Å²) < 4.78 is 0. The van der Waals surface area contributed by atoms with E-state index in [0.29, 0.717) is 10.6 Å². The number of hydrogen-bond donors (Lipinski definition) is 1. The number of imide groups is 2. The van der Waals surface area contributed by atoms with Gasteiger partial charge >= 0.3 is 6.03 Å². The molecule has 0 saturated carbocycles. The van der Waals surface area contributed by atoms with Crippen LogP contribution in [0.25, 0.3) is 0 Å². The molecule has 0 aliphatic carbocycles. The van der Waals surface area contributed by atoms with Crippen LogP contribution < -0.4 is 5.32 Å². The van der Waals surface area contributed by atoms with Gasteiger partial charge in [0.1, 0.15) is 5.92 Å². The summed E-state index contributed by atoms with van der Waals surface area (Å²) in [5.74, 6) is -2.10. The fraction of sp³-hybridized carbons (Fsp3) is 0.357. The van der Waals surface area contributed by atoms with Gasteiger partial charge in [0.05, 0.1) is 0 Å². The second kappa shape index (κ2) is 6.49. The fourth-order valence-corrected chi connectivity index (χ4v) is 2.49. The van der Waals surface area contributed by atoms with Gasteiger partial charge in [0.2, 0.25) is 11.8 Å². The van der Waals surface area contributed by atoms with E-state index in [1.165, 1.54) is 0 Å². The lowest BCUT2D eigenvalue weighted by Gasteiger charge is -2.31. The van der Waals surface area contributed by atoms with Gasteiger partial charge in [-0.25, -0.2) is 4.79 Å². The smallest absolute Gasteiger partial charge is 0.277 e. The number of benzene rings is 1. The predicted octanol–water partition coefficient (Wildman–Crippen LogP) is 2.25. The van der Waals surface area contributed by atoms with Crippen molar-refractivity contribution in [2.45, 2.75) is 18.1 Å². The zero-order valence-corrected chi connectivity index (χ0v) is 13.2.